The third kappa shape index (κ3) is 3.84. The highest BCUT2D eigenvalue weighted by atomic mass is 32.2. The quantitative estimate of drug-likeness (QED) is 0.635. The highest BCUT2D eigenvalue weighted by Gasteiger charge is 2.26. The van der Waals surface area contributed by atoms with Gasteiger partial charge >= 0.3 is 0 Å². The van der Waals surface area contributed by atoms with Gasteiger partial charge in [0.2, 0.25) is 0 Å². The summed E-state index contributed by atoms with van der Waals surface area (Å²) in [6.07, 6.45) is 7.66. The molecule has 0 saturated carbocycles. The van der Waals surface area contributed by atoms with Crippen molar-refractivity contribution in [1.29, 1.82) is 0 Å². The van der Waals surface area contributed by atoms with Gasteiger partial charge in [-0.3, -0.25) is 4.98 Å². The lowest BCUT2D eigenvalue weighted by Crippen LogP contribution is -2.23. The maximum Gasteiger partial charge on any atom is 0.268 e. The number of aromatic nitrogens is 2. The van der Waals surface area contributed by atoms with Crippen LogP contribution in [0.3, 0.4) is 0 Å². The number of methoxy groups -OCH3 is 1. The largest absolute Gasteiger partial charge is 0.380 e. The van der Waals surface area contributed by atoms with Gasteiger partial charge in [-0.05, 0) is 68.1 Å². The van der Waals surface area contributed by atoms with Gasteiger partial charge in [0.05, 0.1) is 22.0 Å². The van der Waals surface area contributed by atoms with Crippen molar-refractivity contribution in [3.63, 3.8) is 0 Å². The zero-order valence-electron chi connectivity index (χ0n) is 17.7. The summed E-state index contributed by atoms with van der Waals surface area (Å²) in [4.78, 5) is 6.98. The molecule has 2 aliphatic heterocycles. The molecule has 2 atom stereocenters. The number of ether oxygens (including phenoxy) is 1. The molecule has 3 aromatic rings. The van der Waals surface area contributed by atoms with Crippen molar-refractivity contribution in [3.8, 4) is 0 Å². The predicted molar refractivity (Wildman–Crippen MR) is 121 cm³/mol. The van der Waals surface area contributed by atoms with E-state index in [1.807, 2.05) is 18.2 Å². The molecule has 0 aliphatic carbocycles. The van der Waals surface area contributed by atoms with E-state index in [9.17, 15) is 8.42 Å². The molecule has 7 nitrogen and oxygen atoms in total. The van der Waals surface area contributed by atoms with Gasteiger partial charge in [0, 0.05) is 44.3 Å². The molecule has 2 aliphatic rings. The summed E-state index contributed by atoms with van der Waals surface area (Å²) in [7, 11) is -2.03. The number of rotatable bonds is 6. The Morgan fingerprint density at radius 2 is 2.13 bits per heavy atom. The Morgan fingerprint density at radius 3 is 2.90 bits per heavy atom. The van der Waals surface area contributed by atoms with Crippen molar-refractivity contribution in [2.24, 2.45) is 0 Å². The number of benzene rings is 1. The molecular formula is C23H28N4O3S. The van der Waals surface area contributed by atoms with E-state index < -0.39 is 10.0 Å². The fourth-order valence-corrected chi connectivity index (χ4v) is 6.17. The molecule has 0 amide bonds. The first kappa shape index (κ1) is 20.5. The van der Waals surface area contributed by atoms with E-state index >= 15 is 0 Å². The van der Waals surface area contributed by atoms with E-state index in [2.05, 4.69) is 15.2 Å². The lowest BCUT2D eigenvalue weighted by molar-refractivity contribution is 0.121. The van der Waals surface area contributed by atoms with Crippen molar-refractivity contribution in [3.05, 3.63) is 54.4 Å². The van der Waals surface area contributed by atoms with E-state index in [0.717, 1.165) is 62.1 Å². The molecule has 1 aromatic carbocycles. The standard InChI is InChI=1S/C23H28N4O3S/c1-30-20-9-12-26(16-20)19-6-2-7-21(14-19)31(28,29)27-15-17(13-18-5-3-10-24-18)23-22(27)8-4-11-25-23/h2,4,6-8,11,14-15,18,20,24H,3,5,9-10,12-13,16H2,1H3/t18-,20+/m1/s1. The Hall–Kier alpha value is -2.42. The van der Waals surface area contributed by atoms with Gasteiger partial charge in [-0.15, -0.1) is 0 Å². The summed E-state index contributed by atoms with van der Waals surface area (Å²) < 4.78 is 34.2. The SMILES string of the molecule is CO[C@H]1CCN(c2cccc(S(=O)(=O)n3cc(C[C@H]4CCCN4)c4ncccc43)c2)C1. The minimum Gasteiger partial charge on any atom is -0.380 e. The number of hydrogen-bond acceptors (Lipinski definition) is 6. The van der Waals surface area contributed by atoms with Gasteiger partial charge in [-0.2, -0.15) is 0 Å². The summed E-state index contributed by atoms with van der Waals surface area (Å²) in [5.41, 5.74) is 3.27. The van der Waals surface area contributed by atoms with Gasteiger partial charge in [0.25, 0.3) is 10.0 Å². The molecule has 1 N–H and O–H groups in total. The van der Waals surface area contributed by atoms with Crippen LogP contribution in [0.4, 0.5) is 5.69 Å². The highest BCUT2D eigenvalue weighted by Crippen LogP contribution is 2.29. The van der Waals surface area contributed by atoms with Crippen LogP contribution in [0.1, 0.15) is 24.8 Å². The summed E-state index contributed by atoms with van der Waals surface area (Å²) in [6, 6.07) is 11.2. The maximum absolute atomic E-state index is 13.7. The first-order valence-electron chi connectivity index (χ1n) is 10.9. The average Bonchev–Trinajstić information content (AvgIpc) is 3.55. The van der Waals surface area contributed by atoms with E-state index in [-0.39, 0.29) is 11.0 Å². The molecule has 2 aromatic heterocycles. The number of anilines is 1. The van der Waals surface area contributed by atoms with Crippen molar-refractivity contribution in [2.75, 3.05) is 31.6 Å². The van der Waals surface area contributed by atoms with Crippen molar-refractivity contribution >= 4 is 26.7 Å². The van der Waals surface area contributed by atoms with Gasteiger partial charge in [-0.1, -0.05) is 6.07 Å². The third-order valence-corrected chi connectivity index (χ3v) is 8.12. The predicted octanol–water partition coefficient (Wildman–Crippen LogP) is 2.79. The van der Waals surface area contributed by atoms with Crippen LogP contribution < -0.4 is 10.2 Å². The first-order valence-corrected chi connectivity index (χ1v) is 12.3. The maximum atomic E-state index is 13.7. The Bertz CT molecular complexity index is 1180. The van der Waals surface area contributed by atoms with E-state index in [1.54, 1.807) is 37.7 Å². The summed E-state index contributed by atoms with van der Waals surface area (Å²) in [5, 5.41) is 3.49. The topological polar surface area (TPSA) is 76.5 Å². The Kier molecular flexibility index (Phi) is 5.45. The Balaban J connectivity index is 1.52. The first-order chi connectivity index (χ1) is 15.1. The fourth-order valence-electron chi connectivity index (χ4n) is 4.75. The molecule has 0 radical (unpaired) electrons. The fraction of sp³-hybridized carbons (Fsp3) is 0.435. The number of fused-ring (bicyclic) bond motifs is 1. The monoisotopic (exact) mass is 440 g/mol. The number of hydrogen-bond donors (Lipinski definition) is 1. The van der Waals surface area contributed by atoms with Crippen LogP contribution in [0, 0.1) is 0 Å². The van der Waals surface area contributed by atoms with Crippen LogP contribution in [-0.4, -0.2) is 56.3 Å². The third-order valence-electron chi connectivity index (χ3n) is 6.45. The van der Waals surface area contributed by atoms with E-state index in [1.165, 1.54) is 3.97 Å². The van der Waals surface area contributed by atoms with Crippen LogP contribution in [0.5, 0.6) is 0 Å². The second-order valence-electron chi connectivity index (χ2n) is 8.41. The molecule has 0 spiro atoms. The Morgan fingerprint density at radius 1 is 1.23 bits per heavy atom. The molecule has 2 saturated heterocycles. The summed E-state index contributed by atoms with van der Waals surface area (Å²) in [6.45, 7) is 2.65. The van der Waals surface area contributed by atoms with E-state index in [0.29, 0.717) is 11.6 Å². The van der Waals surface area contributed by atoms with E-state index in [4.69, 9.17) is 4.74 Å². The molecule has 4 heterocycles. The molecule has 0 bridgehead atoms. The molecule has 31 heavy (non-hydrogen) atoms. The zero-order valence-corrected chi connectivity index (χ0v) is 18.5. The molecular weight excluding hydrogens is 412 g/mol. The lowest BCUT2D eigenvalue weighted by atomic mass is 10.1. The molecule has 2 fully saturated rings. The van der Waals surface area contributed by atoms with Crippen molar-refractivity contribution in [1.82, 2.24) is 14.3 Å². The Labute approximate surface area is 183 Å². The number of pyridine rings is 1. The van der Waals surface area contributed by atoms with Crippen molar-refractivity contribution < 1.29 is 13.2 Å². The summed E-state index contributed by atoms with van der Waals surface area (Å²) >= 11 is 0. The smallest absolute Gasteiger partial charge is 0.268 e. The minimum atomic E-state index is -3.75. The number of nitrogens with zero attached hydrogens (tertiary/aromatic N) is 3. The second-order valence-corrected chi connectivity index (χ2v) is 10.2. The number of nitrogens with one attached hydrogen (secondary N) is 1. The molecule has 8 heteroatoms. The molecule has 0 unspecified atom stereocenters. The van der Waals surface area contributed by atoms with Gasteiger partial charge in [0.15, 0.2) is 0 Å². The van der Waals surface area contributed by atoms with Crippen LogP contribution >= 0.6 is 0 Å². The van der Waals surface area contributed by atoms with Crippen LogP contribution in [0.15, 0.2) is 53.7 Å². The molecule has 164 valence electrons. The zero-order chi connectivity index (χ0) is 21.4. The van der Waals surface area contributed by atoms with Crippen LogP contribution in [0.2, 0.25) is 0 Å². The van der Waals surface area contributed by atoms with Gasteiger partial charge < -0.3 is 15.0 Å². The van der Waals surface area contributed by atoms with Crippen LogP contribution in [0.25, 0.3) is 11.0 Å². The lowest BCUT2D eigenvalue weighted by Gasteiger charge is -2.19. The normalized spacial score (nSPS) is 21.9. The summed E-state index contributed by atoms with van der Waals surface area (Å²) in [5.74, 6) is 0. The van der Waals surface area contributed by atoms with Crippen molar-refractivity contribution in [2.45, 2.75) is 42.7 Å². The minimum absolute atomic E-state index is 0.187. The van der Waals surface area contributed by atoms with Gasteiger partial charge in [-0.25, -0.2) is 12.4 Å². The molecule has 5 rings (SSSR count). The highest BCUT2D eigenvalue weighted by molar-refractivity contribution is 7.90. The second kappa shape index (κ2) is 8.26. The van der Waals surface area contributed by atoms with Crippen LogP contribution in [-0.2, 0) is 21.2 Å². The van der Waals surface area contributed by atoms with Gasteiger partial charge in [0.1, 0.15) is 0 Å². The average molecular weight is 441 g/mol.